The van der Waals surface area contributed by atoms with Gasteiger partial charge in [0.25, 0.3) is 5.56 Å². The minimum absolute atomic E-state index is 0.118. The summed E-state index contributed by atoms with van der Waals surface area (Å²) < 4.78 is 11.7. The number of pyridine rings is 2. The molecule has 1 aliphatic rings. The molecule has 7 heteroatoms. The van der Waals surface area contributed by atoms with E-state index >= 15 is 0 Å². The molecule has 160 valence electrons. The van der Waals surface area contributed by atoms with E-state index in [1.54, 1.807) is 23.0 Å². The highest BCUT2D eigenvalue weighted by Crippen LogP contribution is 2.29. The molecule has 0 atom stereocenters. The molecule has 0 unspecified atom stereocenters. The van der Waals surface area contributed by atoms with Crippen LogP contribution < -0.4 is 15.6 Å². The van der Waals surface area contributed by atoms with E-state index in [-0.39, 0.29) is 5.56 Å². The zero-order valence-corrected chi connectivity index (χ0v) is 17.8. The van der Waals surface area contributed by atoms with Crippen LogP contribution in [0, 0.1) is 0 Å². The van der Waals surface area contributed by atoms with Gasteiger partial charge in [-0.1, -0.05) is 12.1 Å². The lowest BCUT2D eigenvalue weighted by molar-refractivity contribution is 0.304. The molecule has 0 saturated heterocycles. The Labute approximate surface area is 184 Å². The predicted octanol–water partition coefficient (Wildman–Crippen LogP) is 3.20. The van der Waals surface area contributed by atoms with Crippen molar-refractivity contribution in [3.8, 4) is 11.4 Å². The van der Waals surface area contributed by atoms with Gasteiger partial charge in [-0.2, -0.15) is 0 Å². The van der Waals surface area contributed by atoms with Gasteiger partial charge in [0.1, 0.15) is 18.0 Å². The zero-order valence-electron chi connectivity index (χ0n) is 17.8. The molecule has 4 aromatic heterocycles. The van der Waals surface area contributed by atoms with Crippen LogP contribution in [0.2, 0.25) is 0 Å². The number of nitrogens with zero attached hydrogens (tertiary/aromatic N) is 4. The Bertz CT molecular complexity index is 1520. The van der Waals surface area contributed by atoms with Crippen LogP contribution in [0.4, 0.5) is 0 Å². The minimum Gasteiger partial charge on any atom is -0.489 e. The third-order valence-corrected chi connectivity index (χ3v) is 6.29. The fourth-order valence-corrected chi connectivity index (χ4v) is 4.61. The van der Waals surface area contributed by atoms with Crippen LogP contribution in [0.3, 0.4) is 0 Å². The normalized spacial score (nSPS) is 13.5. The second-order valence-corrected chi connectivity index (χ2v) is 8.20. The number of aromatic nitrogens is 4. The molecular weight excluding hydrogens is 402 g/mol. The van der Waals surface area contributed by atoms with Crippen LogP contribution in [0.25, 0.3) is 22.2 Å². The van der Waals surface area contributed by atoms with Gasteiger partial charge < -0.3 is 19.0 Å². The molecule has 1 aromatic carbocycles. The second-order valence-electron chi connectivity index (χ2n) is 8.20. The van der Waals surface area contributed by atoms with E-state index in [2.05, 4.69) is 34.0 Å². The maximum atomic E-state index is 12.9. The van der Waals surface area contributed by atoms with Gasteiger partial charge in [0, 0.05) is 61.1 Å². The summed E-state index contributed by atoms with van der Waals surface area (Å²) in [5.41, 5.74) is 6.53. The zero-order chi connectivity index (χ0) is 21.7. The highest BCUT2D eigenvalue weighted by Gasteiger charge is 2.18. The van der Waals surface area contributed by atoms with E-state index < -0.39 is 0 Å². The van der Waals surface area contributed by atoms with Gasteiger partial charge in [-0.15, -0.1) is 0 Å². The van der Waals surface area contributed by atoms with Crippen LogP contribution in [-0.4, -0.2) is 25.1 Å². The van der Waals surface area contributed by atoms with E-state index in [9.17, 15) is 4.79 Å². The summed E-state index contributed by atoms with van der Waals surface area (Å²) in [5, 5.41) is 4.71. The topological polar surface area (TPSA) is 65.5 Å². The van der Waals surface area contributed by atoms with Gasteiger partial charge in [-0.05, 0) is 42.8 Å². The van der Waals surface area contributed by atoms with Crippen LogP contribution >= 0.6 is 0 Å². The summed E-state index contributed by atoms with van der Waals surface area (Å²) in [7, 11) is 2.10. The van der Waals surface area contributed by atoms with Crippen LogP contribution in [0.5, 0.6) is 5.75 Å². The summed E-state index contributed by atoms with van der Waals surface area (Å²) in [6.07, 6.45) is 8.46. The second kappa shape index (κ2) is 7.39. The lowest BCUT2D eigenvalue weighted by atomic mass is 10.0. The molecule has 0 spiro atoms. The van der Waals surface area contributed by atoms with Crippen molar-refractivity contribution in [2.45, 2.75) is 19.6 Å². The van der Waals surface area contributed by atoms with Gasteiger partial charge in [0.2, 0.25) is 0 Å². The molecule has 32 heavy (non-hydrogen) atoms. The van der Waals surface area contributed by atoms with Crippen LogP contribution in [-0.2, 0) is 26.6 Å². The summed E-state index contributed by atoms with van der Waals surface area (Å²) in [6.45, 7) is 2.27. The number of hydrogen-bond donors (Lipinski definition) is 1. The van der Waals surface area contributed by atoms with Crippen molar-refractivity contribution < 1.29 is 4.74 Å². The third kappa shape index (κ3) is 3.09. The first-order chi connectivity index (χ1) is 15.7. The van der Waals surface area contributed by atoms with Gasteiger partial charge >= 0.3 is 0 Å². The van der Waals surface area contributed by atoms with Crippen molar-refractivity contribution in [2.75, 3.05) is 6.54 Å². The lowest BCUT2D eigenvalue weighted by Gasteiger charge is -2.14. The number of ether oxygens (including phenoxy) is 1. The first-order valence-corrected chi connectivity index (χ1v) is 10.8. The lowest BCUT2D eigenvalue weighted by Crippen LogP contribution is -2.24. The Morgan fingerprint density at radius 1 is 1.12 bits per heavy atom. The average Bonchev–Trinajstić information content (AvgIpc) is 3.40. The van der Waals surface area contributed by atoms with Crippen molar-refractivity contribution >= 4 is 16.6 Å². The van der Waals surface area contributed by atoms with Crippen LogP contribution in [0.1, 0.15) is 16.8 Å². The third-order valence-electron chi connectivity index (χ3n) is 6.29. The molecule has 7 nitrogen and oxygen atoms in total. The van der Waals surface area contributed by atoms with E-state index in [1.807, 2.05) is 41.1 Å². The number of nitrogens with one attached hydrogen (secondary N) is 1. The Morgan fingerprint density at radius 2 is 2.06 bits per heavy atom. The van der Waals surface area contributed by atoms with Crippen molar-refractivity contribution in [3.63, 3.8) is 0 Å². The summed E-state index contributed by atoms with van der Waals surface area (Å²) >= 11 is 0. The van der Waals surface area contributed by atoms with Gasteiger partial charge in [0.15, 0.2) is 0 Å². The van der Waals surface area contributed by atoms with Gasteiger partial charge in [-0.3, -0.25) is 9.36 Å². The molecular formula is C25H23N5O2. The van der Waals surface area contributed by atoms with E-state index in [0.717, 1.165) is 41.9 Å². The van der Waals surface area contributed by atoms with Crippen molar-refractivity contribution in [2.24, 2.45) is 7.05 Å². The fourth-order valence-electron chi connectivity index (χ4n) is 4.61. The van der Waals surface area contributed by atoms with E-state index in [0.29, 0.717) is 12.4 Å². The Balaban J connectivity index is 1.27. The quantitative estimate of drug-likeness (QED) is 0.480. The summed E-state index contributed by atoms with van der Waals surface area (Å²) in [6, 6.07) is 13.6. The number of hydrogen-bond acceptors (Lipinski definition) is 4. The average molecular weight is 425 g/mol. The Hall–Kier alpha value is -3.84. The maximum Gasteiger partial charge on any atom is 0.258 e. The van der Waals surface area contributed by atoms with E-state index in [4.69, 9.17) is 4.74 Å². The largest absolute Gasteiger partial charge is 0.489 e. The van der Waals surface area contributed by atoms with Gasteiger partial charge in [-0.25, -0.2) is 4.98 Å². The molecule has 0 amide bonds. The van der Waals surface area contributed by atoms with Crippen molar-refractivity contribution in [1.29, 1.82) is 0 Å². The van der Waals surface area contributed by atoms with Gasteiger partial charge in [0.05, 0.1) is 11.2 Å². The van der Waals surface area contributed by atoms with E-state index in [1.165, 1.54) is 16.6 Å². The van der Waals surface area contributed by atoms with Crippen molar-refractivity contribution in [1.82, 2.24) is 23.8 Å². The fraction of sp³-hybridized carbons (Fsp3) is 0.200. The highest BCUT2D eigenvalue weighted by molar-refractivity contribution is 5.87. The molecule has 0 fully saturated rings. The molecule has 5 aromatic rings. The number of imidazole rings is 1. The van der Waals surface area contributed by atoms with Crippen LogP contribution in [0.15, 0.2) is 72.0 Å². The molecule has 5 heterocycles. The summed E-state index contributed by atoms with van der Waals surface area (Å²) in [4.78, 5) is 17.1. The SMILES string of the molecule is Cn1c2c(c3ccc(-n4ccc(OCc5ccc6nccn6c5)cc4=O)cc31)CCNC2. The number of fused-ring (bicyclic) bond motifs is 4. The predicted molar refractivity (Wildman–Crippen MR) is 123 cm³/mol. The molecule has 0 radical (unpaired) electrons. The molecule has 6 rings (SSSR count). The number of rotatable bonds is 4. The van der Waals surface area contributed by atoms with Crippen molar-refractivity contribution in [3.05, 3.63) is 94.4 Å². The maximum absolute atomic E-state index is 12.9. The monoisotopic (exact) mass is 425 g/mol. The highest BCUT2D eigenvalue weighted by atomic mass is 16.5. The molecule has 1 aliphatic heterocycles. The minimum atomic E-state index is -0.118. The molecule has 0 saturated carbocycles. The number of benzene rings is 1. The first-order valence-electron chi connectivity index (χ1n) is 10.8. The smallest absolute Gasteiger partial charge is 0.258 e. The number of aryl methyl sites for hydroxylation is 1. The Morgan fingerprint density at radius 3 is 2.97 bits per heavy atom. The Kier molecular flexibility index (Phi) is 4.36. The summed E-state index contributed by atoms with van der Waals surface area (Å²) in [5.74, 6) is 0.554. The first kappa shape index (κ1) is 18.9. The molecule has 1 N–H and O–H groups in total. The molecule has 0 aliphatic carbocycles. The molecule has 0 bridgehead atoms. The standard InChI is InChI=1S/C25H23N5O2/c1-28-22-12-18(3-4-20(22)21-6-8-26-14-23(21)28)30-10-7-19(13-25(30)31)32-16-17-2-5-24-27-9-11-29(24)15-17/h2-5,7,9-13,15,26H,6,8,14,16H2,1H3.